The van der Waals surface area contributed by atoms with Gasteiger partial charge in [-0.2, -0.15) is 0 Å². The van der Waals surface area contributed by atoms with E-state index in [-0.39, 0.29) is 23.4 Å². The molecule has 0 spiro atoms. The molecule has 31 heavy (non-hydrogen) atoms. The summed E-state index contributed by atoms with van der Waals surface area (Å²) < 4.78 is 7.20. The molecule has 1 atom stereocenters. The van der Waals surface area contributed by atoms with Crippen LogP contribution < -0.4 is 0 Å². The summed E-state index contributed by atoms with van der Waals surface area (Å²) in [5.74, 6) is -0.242. The van der Waals surface area contributed by atoms with Gasteiger partial charge >= 0.3 is 0 Å². The third kappa shape index (κ3) is 4.61. The molecule has 9 nitrogen and oxygen atoms in total. The lowest BCUT2D eigenvalue weighted by molar-refractivity contribution is -0.384. The minimum absolute atomic E-state index is 0.000198. The Hall–Kier alpha value is -3.59. The minimum atomic E-state index is -0.467. The van der Waals surface area contributed by atoms with E-state index in [4.69, 9.17) is 4.74 Å². The fraction of sp³-hybridized carbons (Fsp3) is 0.318. The molecule has 0 radical (unpaired) electrons. The van der Waals surface area contributed by atoms with Crippen molar-refractivity contribution in [1.82, 2.24) is 19.9 Å². The van der Waals surface area contributed by atoms with Gasteiger partial charge in [0.25, 0.3) is 11.6 Å². The molecule has 1 aliphatic rings. The van der Waals surface area contributed by atoms with Crippen molar-refractivity contribution in [3.8, 4) is 5.69 Å². The maximum atomic E-state index is 13.4. The summed E-state index contributed by atoms with van der Waals surface area (Å²) in [7, 11) is 0. The third-order valence-electron chi connectivity index (χ3n) is 5.33. The Labute approximate surface area is 179 Å². The molecule has 0 N–H and O–H groups in total. The number of hydrogen-bond donors (Lipinski definition) is 0. The Balaban J connectivity index is 1.62. The van der Waals surface area contributed by atoms with Gasteiger partial charge in [0, 0.05) is 31.8 Å². The lowest BCUT2D eigenvalue weighted by Crippen LogP contribution is -2.37. The zero-order valence-electron chi connectivity index (χ0n) is 17.2. The molecule has 1 amide bonds. The molecule has 0 aliphatic carbocycles. The van der Waals surface area contributed by atoms with E-state index in [0.717, 1.165) is 18.4 Å². The maximum absolute atomic E-state index is 13.4. The minimum Gasteiger partial charge on any atom is -0.376 e. The number of nitrogens with zero attached hydrogens (tertiary/aromatic N) is 5. The molecule has 0 saturated carbocycles. The molecular weight excluding hydrogens is 398 g/mol. The molecule has 1 aliphatic heterocycles. The Morgan fingerprint density at radius 2 is 2.06 bits per heavy atom. The summed E-state index contributed by atoms with van der Waals surface area (Å²) in [4.78, 5) is 25.8. The second-order valence-electron chi connectivity index (χ2n) is 7.52. The Morgan fingerprint density at radius 3 is 2.77 bits per heavy atom. The van der Waals surface area contributed by atoms with Gasteiger partial charge in [-0.3, -0.25) is 14.9 Å². The highest BCUT2D eigenvalue weighted by Crippen LogP contribution is 2.21. The number of carbonyl (C=O) groups excluding carboxylic acids is 1. The van der Waals surface area contributed by atoms with Crippen LogP contribution in [0.3, 0.4) is 0 Å². The van der Waals surface area contributed by atoms with Gasteiger partial charge in [0.1, 0.15) is 0 Å². The normalized spacial score (nSPS) is 15.7. The maximum Gasteiger partial charge on any atom is 0.276 e. The first-order valence-electron chi connectivity index (χ1n) is 10.1. The van der Waals surface area contributed by atoms with Crippen molar-refractivity contribution in [2.45, 2.75) is 32.4 Å². The number of amides is 1. The van der Waals surface area contributed by atoms with Gasteiger partial charge in [-0.1, -0.05) is 41.6 Å². The first-order chi connectivity index (χ1) is 15.0. The van der Waals surface area contributed by atoms with E-state index in [1.165, 1.54) is 16.8 Å². The van der Waals surface area contributed by atoms with Crippen LogP contribution in [0.5, 0.6) is 0 Å². The fourth-order valence-electron chi connectivity index (χ4n) is 3.72. The number of aromatic nitrogens is 3. The predicted octanol–water partition coefficient (Wildman–Crippen LogP) is 3.31. The Kier molecular flexibility index (Phi) is 6.03. The fourth-order valence-corrected chi connectivity index (χ4v) is 3.72. The number of nitro groups is 1. The summed E-state index contributed by atoms with van der Waals surface area (Å²) in [6.45, 7) is 3.35. The van der Waals surface area contributed by atoms with Gasteiger partial charge in [-0.25, -0.2) is 4.68 Å². The van der Waals surface area contributed by atoms with Crippen LogP contribution in [0.1, 0.15) is 34.6 Å². The standard InChI is InChI=1S/C22H23N5O4/c1-16-21(23-24-26(16)18-9-5-10-19(13-18)27(29)30)22(28)25(15-20-11-6-12-31-20)14-17-7-3-2-4-8-17/h2-5,7-10,13,20H,6,11-12,14-15H2,1H3. The zero-order chi connectivity index (χ0) is 21.8. The number of nitro benzene ring substituents is 1. The van der Waals surface area contributed by atoms with E-state index in [0.29, 0.717) is 31.1 Å². The average molecular weight is 421 g/mol. The number of benzene rings is 2. The van der Waals surface area contributed by atoms with Gasteiger partial charge < -0.3 is 9.64 Å². The van der Waals surface area contributed by atoms with Crippen molar-refractivity contribution in [1.29, 1.82) is 0 Å². The third-order valence-corrected chi connectivity index (χ3v) is 5.33. The quantitative estimate of drug-likeness (QED) is 0.428. The van der Waals surface area contributed by atoms with E-state index in [2.05, 4.69) is 10.3 Å². The molecule has 1 aromatic heterocycles. The second-order valence-corrected chi connectivity index (χ2v) is 7.52. The Bertz CT molecular complexity index is 1080. The summed E-state index contributed by atoms with van der Waals surface area (Å²) in [6.07, 6.45) is 1.90. The lowest BCUT2D eigenvalue weighted by atomic mass is 10.1. The molecule has 1 fully saturated rings. The highest BCUT2D eigenvalue weighted by molar-refractivity contribution is 5.93. The molecule has 9 heteroatoms. The highest BCUT2D eigenvalue weighted by Gasteiger charge is 2.27. The van der Waals surface area contributed by atoms with Crippen molar-refractivity contribution in [3.05, 3.63) is 81.7 Å². The van der Waals surface area contributed by atoms with Crippen LogP contribution >= 0.6 is 0 Å². The van der Waals surface area contributed by atoms with Crippen molar-refractivity contribution >= 4 is 11.6 Å². The largest absolute Gasteiger partial charge is 0.376 e. The SMILES string of the molecule is Cc1c(C(=O)N(Cc2ccccc2)CC2CCCO2)nnn1-c1cccc([N+](=O)[O-])c1. The van der Waals surface area contributed by atoms with Gasteiger partial charge in [0.15, 0.2) is 5.69 Å². The number of non-ortho nitro benzene ring substituents is 1. The van der Waals surface area contributed by atoms with Gasteiger partial charge in [-0.15, -0.1) is 5.10 Å². The molecule has 0 bridgehead atoms. The summed E-state index contributed by atoms with van der Waals surface area (Å²) >= 11 is 0. The molecular formula is C22H23N5O4. The second kappa shape index (κ2) is 9.05. The predicted molar refractivity (Wildman–Crippen MR) is 113 cm³/mol. The van der Waals surface area contributed by atoms with Gasteiger partial charge in [0.2, 0.25) is 0 Å². The highest BCUT2D eigenvalue weighted by atomic mass is 16.6. The lowest BCUT2D eigenvalue weighted by Gasteiger charge is -2.25. The Morgan fingerprint density at radius 1 is 1.26 bits per heavy atom. The number of hydrogen-bond acceptors (Lipinski definition) is 6. The molecule has 4 rings (SSSR count). The summed E-state index contributed by atoms with van der Waals surface area (Å²) in [5, 5.41) is 19.3. The van der Waals surface area contributed by atoms with E-state index >= 15 is 0 Å². The zero-order valence-corrected chi connectivity index (χ0v) is 17.2. The molecule has 1 unspecified atom stereocenters. The first kappa shape index (κ1) is 20.7. The summed E-state index contributed by atoms with van der Waals surface area (Å²) in [5.41, 5.74) is 2.19. The molecule has 2 aromatic carbocycles. The van der Waals surface area contributed by atoms with Crippen molar-refractivity contribution < 1.29 is 14.5 Å². The average Bonchev–Trinajstić information content (AvgIpc) is 3.43. The van der Waals surface area contributed by atoms with Crippen molar-refractivity contribution in [3.63, 3.8) is 0 Å². The number of rotatable bonds is 7. The van der Waals surface area contributed by atoms with E-state index in [1.54, 1.807) is 24.0 Å². The number of carbonyl (C=O) groups is 1. The van der Waals surface area contributed by atoms with Gasteiger partial charge in [0.05, 0.1) is 22.4 Å². The van der Waals surface area contributed by atoms with Crippen LogP contribution in [0.4, 0.5) is 5.69 Å². The van der Waals surface area contributed by atoms with Crippen molar-refractivity contribution in [2.24, 2.45) is 0 Å². The van der Waals surface area contributed by atoms with Crippen LogP contribution in [0.15, 0.2) is 54.6 Å². The molecule has 1 saturated heterocycles. The van der Waals surface area contributed by atoms with Gasteiger partial charge in [-0.05, 0) is 31.4 Å². The first-order valence-corrected chi connectivity index (χ1v) is 10.1. The molecule has 160 valence electrons. The number of ether oxygens (including phenoxy) is 1. The van der Waals surface area contributed by atoms with Crippen LogP contribution in [0.2, 0.25) is 0 Å². The van der Waals surface area contributed by atoms with Crippen LogP contribution in [0.25, 0.3) is 5.69 Å². The van der Waals surface area contributed by atoms with Crippen LogP contribution in [0, 0.1) is 17.0 Å². The van der Waals surface area contributed by atoms with Crippen LogP contribution in [-0.4, -0.2) is 50.0 Å². The van der Waals surface area contributed by atoms with E-state index in [9.17, 15) is 14.9 Å². The topological polar surface area (TPSA) is 103 Å². The monoisotopic (exact) mass is 421 g/mol. The smallest absolute Gasteiger partial charge is 0.276 e. The van der Waals surface area contributed by atoms with Crippen LogP contribution in [-0.2, 0) is 11.3 Å². The summed E-state index contributed by atoms with van der Waals surface area (Å²) in [6, 6.07) is 15.8. The molecule has 3 aromatic rings. The van der Waals surface area contributed by atoms with Crippen molar-refractivity contribution in [2.75, 3.05) is 13.2 Å². The molecule has 2 heterocycles. The van der Waals surface area contributed by atoms with E-state index < -0.39 is 4.92 Å². The van der Waals surface area contributed by atoms with E-state index in [1.807, 2.05) is 30.3 Å².